The van der Waals surface area contributed by atoms with Crippen LogP contribution < -0.4 is 0 Å². The van der Waals surface area contributed by atoms with E-state index in [0.29, 0.717) is 16.6 Å². The van der Waals surface area contributed by atoms with Gasteiger partial charge in [0, 0.05) is 5.41 Å². The van der Waals surface area contributed by atoms with Crippen LogP contribution in [0.15, 0.2) is 23.2 Å². The zero-order chi connectivity index (χ0) is 10.9. The molecule has 2 rings (SSSR count). The molecule has 1 fully saturated rings. The SMILES string of the molecule is O=C=NCC1(c2ccc(Cl)c(Cl)c2)CC1. The summed E-state index contributed by atoms with van der Waals surface area (Å²) in [6, 6.07) is 5.59. The summed E-state index contributed by atoms with van der Waals surface area (Å²) >= 11 is 11.8. The van der Waals surface area contributed by atoms with Gasteiger partial charge in [-0.05, 0) is 30.5 Å². The molecule has 0 amide bonds. The molecule has 4 heteroatoms. The maximum Gasteiger partial charge on any atom is 0.234 e. The average Bonchev–Trinajstić information content (AvgIpc) is 3.00. The van der Waals surface area contributed by atoms with Crippen LogP contribution in [0.3, 0.4) is 0 Å². The summed E-state index contributed by atoms with van der Waals surface area (Å²) in [5.41, 5.74) is 1.11. The Hall–Kier alpha value is -0.820. The zero-order valence-corrected chi connectivity index (χ0v) is 9.48. The maximum absolute atomic E-state index is 10.1. The van der Waals surface area contributed by atoms with Gasteiger partial charge in [0.15, 0.2) is 0 Å². The minimum absolute atomic E-state index is 0.00559. The van der Waals surface area contributed by atoms with Crippen molar-refractivity contribution in [1.82, 2.24) is 0 Å². The highest BCUT2D eigenvalue weighted by Gasteiger charge is 2.44. The second kappa shape index (κ2) is 3.97. The molecule has 15 heavy (non-hydrogen) atoms. The largest absolute Gasteiger partial charge is 0.234 e. The first-order valence-electron chi connectivity index (χ1n) is 4.67. The minimum atomic E-state index is 0.00559. The number of isocyanates is 1. The van der Waals surface area contributed by atoms with Crippen LogP contribution in [0.1, 0.15) is 18.4 Å². The van der Waals surface area contributed by atoms with Gasteiger partial charge >= 0.3 is 0 Å². The van der Waals surface area contributed by atoms with E-state index in [1.807, 2.05) is 12.1 Å². The van der Waals surface area contributed by atoms with Gasteiger partial charge in [-0.15, -0.1) is 0 Å². The first-order chi connectivity index (χ1) is 7.18. The zero-order valence-electron chi connectivity index (χ0n) is 7.96. The van der Waals surface area contributed by atoms with E-state index >= 15 is 0 Å². The number of hydrogen-bond acceptors (Lipinski definition) is 2. The van der Waals surface area contributed by atoms with Crippen LogP contribution in [-0.2, 0) is 10.2 Å². The van der Waals surface area contributed by atoms with E-state index in [1.165, 1.54) is 0 Å². The van der Waals surface area contributed by atoms with Gasteiger partial charge < -0.3 is 0 Å². The van der Waals surface area contributed by atoms with Crippen molar-refractivity contribution in [3.05, 3.63) is 33.8 Å². The minimum Gasteiger partial charge on any atom is -0.211 e. The van der Waals surface area contributed by atoms with Crippen molar-refractivity contribution in [2.75, 3.05) is 6.54 Å². The Balaban J connectivity index is 2.29. The molecule has 0 atom stereocenters. The van der Waals surface area contributed by atoms with Crippen LogP contribution in [0.2, 0.25) is 10.0 Å². The molecule has 1 aromatic rings. The second-order valence-electron chi connectivity index (χ2n) is 3.82. The van der Waals surface area contributed by atoms with Crippen molar-refractivity contribution in [1.29, 1.82) is 0 Å². The van der Waals surface area contributed by atoms with Crippen LogP contribution >= 0.6 is 23.2 Å². The van der Waals surface area contributed by atoms with E-state index in [2.05, 4.69) is 4.99 Å². The van der Waals surface area contributed by atoms with Gasteiger partial charge in [0.25, 0.3) is 0 Å². The standard InChI is InChI=1S/C11H9Cl2NO/c12-9-2-1-8(5-10(9)13)11(3-4-11)6-14-7-15/h1-2,5H,3-4,6H2. The van der Waals surface area contributed by atoms with Crippen molar-refractivity contribution >= 4 is 29.3 Å². The number of rotatable bonds is 3. The molecule has 0 bridgehead atoms. The molecule has 1 aliphatic carbocycles. The molecule has 0 spiro atoms. The summed E-state index contributed by atoms with van der Waals surface area (Å²) in [5, 5.41) is 1.10. The lowest BCUT2D eigenvalue weighted by molar-refractivity contribution is 0.559. The van der Waals surface area contributed by atoms with Crippen LogP contribution in [0.5, 0.6) is 0 Å². The van der Waals surface area contributed by atoms with Crippen molar-refractivity contribution in [2.24, 2.45) is 4.99 Å². The van der Waals surface area contributed by atoms with Crippen molar-refractivity contribution in [3.63, 3.8) is 0 Å². The number of carbonyl (C=O) groups excluding carboxylic acids is 1. The number of hydrogen-bond donors (Lipinski definition) is 0. The third kappa shape index (κ3) is 2.07. The number of benzene rings is 1. The summed E-state index contributed by atoms with van der Waals surface area (Å²) in [7, 11) is 0. The van der Waals surface area contributed by atoms with Gasteiger partial charge in [0.1, 0.15) is 0 Å². The van der Waals surface area contributed by atoms with Gasteiger partial charge in [-0.25, -0.2) is 9.79 Å². The lowest BCUT2D eigenvalue weighted by Gasteiger charge is -2.12. The fourth-order valence-electron chi connectivity index (χ4n) is 1.70. The molecule has 0 N–H and O–H groups in total. The Morgan fingerprint density at radius 3 is 2.60 bits per heavy atom. The molecule has 0 unspecified atom stereocenters. The number of nitrogens with zero attached hydrogens (tertiary/aromatic N) is 1. The van der Waals surface area contributed by atoms with Crippen LogP contribution in [-0.4, -0.2) is 12.6 Å². The Labute approximate surface area is 97.9 Å². The Morgan fingerprint density at radius 1 is 1.33 bits per heavy atom. The van der Waals surface area contributed by atoms with E-state index in [9.17, 15) is 4.79 Å². The Bertz CT molecular complexity index is 434. The van der Waals surface area contributed by atoms with E-state index < -0.39 is 0 Å². The normalized spacial score (nSPS) is 16.9. The quantitative estimate of drug-likeness (QED) is 0.590. The molecule has 1 aromatic carbocycles. The van der Waals surface area contributed by atoms with Gasteiger partial charge in [0.2, 0.25) is 6.08 Å². The Morgan fingerprint density at radius 2 is 2.07 bits per heavy atom. The first kappa shape index (κ1) is 10.7. The topological polar surface area (TPSA) is 29.4 Å². The molecule has 0 aliphatic heterocycles. The molecule has 0 radical (unpaired) electrons. The lowest BCUT2D eigenvalue weighted by Crippen LogP contribution is -2.10. The summed E-state index contributed by atoms with van der Waals surface area (Å²) in [6.45, 7) is 0.495. The predicted octanol–water partition coefficient (Wildman–Crippen LogP) is 3.36. The van der Waals surface area contributed by atoms with Crippen molar-refractivity contribution < 1.29 is 4.79 Å². The third-order valence-electron chi connectivity index (χ3n) is 2.83. The maximum atomic E-state index is 10.1. The highest BCUT2D eigenvalue weighted by atomic mass is 35.5. The number of halogens is 2. The van der Waals surface area contributed by atoms with Crippen molar-refractivity contribution in [2.45, 2.75) is 18.3 Å². The fraction of sp³-hybridized carbons (Fsp3) is 0.364. The highest BCUT2D eigenvalue weighted by molar-refractivity contribution is 6.42. The average molecular weight is 242 g/mol. The highest BCUT2D eigenvalue weighted by Crippen LogP contribution is 2.49. The summed E-state index contributed by atoms with van der Waals surface area (Å²) < 4.78 is 0. The number of aliphatic imine (C=N–C) groups is 1. The molecule has 78 valence electrons. The molecular weight excluding hydrogens is 233 g/mol. The Kier molecular flexibility index (Phi) is 2.83. The molecular formula is C11H9Cl2NO. The summed E-state index contributed by atoms with van der Waals surface area (Å²) in [4.78, 5) is 13.7. The van der Waals surface area contributed by atoms with E-state index in [1.54, 1.807) is 12.1 Å². The summed E-state index contributed by atoms with van der Waals surface area (Å²) in [5.74, 6) is 0. The van der Waals surface area contributed by atoms with E-state index in [-0.39, 0.29) is 5.41 Å². The molecule has 2 nitrogen and oxygen atoms in total. The van der Waals surface area contributed by atoms with Crippen LogP contribution in [0.4, 0.5) is 0 Å². The van der Waals surface area contributed by atoms with Gasteiger partial charge in [0.05, 0.1) is 16.6 Å². The smallest absolute Gasteiger partial charge is 0.211 e. The van der Waals surface area contributed by atoms with Crippen LogP contribution in [0.25, 0.3) is 0 Å². The lowest BCUT2D eigenvalue weighted by atomic mass is 9.96. The molecule has 0 heterocycles. The van der Waals surface area contributed by atoms with Crippen LogP contribution in [0, 0.1) is 0 Å². The monoisotopic (exact) mass is 241 g/mol. The predicted molar refractivity (Wildman–Crippen MR) is 60.4 cm³/mol. The fourth-order valence-corrected chi connectivity index (χ4v) is 2.00. The molecule has 1 saturated carbocycles. The van der Waals surface area contributed by atoms with Crippen molar-refractivity contribution in [3.8, 4) is 0 Å². The molecule has 0 saturated heterocycles. The third-order valence-corrected chi connectivity index (χ3v) is 3.57. The summed E-state index contributed by atoms with van der Waals surface area (Å²) in [6.07, 6.45) is 3.65. The van der Waals surface area contributed by atoms with Gasteiger partial charge in [-0.1, -0.05) is 29.3 Å². The van der Waals surface area contributed by atoms with E-state index in [4.69, 9.17) is 23.2 Å². The molecule has 0 aromatic heterocycles. The second-order valence-corrected chi connectivity index (χ2v) is 4.63. The van der Waals surface area contributed by atoms with E-state index in [0.717, 1.165) is 18.4 Å². The van der Waals surface area contributed by atoms with Gasteiger partial charge in [-0.2, -0.15) is 0 Å². The van der Waals surface area contributed by atoms with Gasteiger partial charge in [-0.3, -0.25) is 0 Å². The first-order valence-corrected chi connectivity index (χ1v) is 5.43. The molecule has 1 aliphatic rings.